The SMILES string of the molecule is CC1CCC(N)CC1Cc1ccsc1. The fourth-order valence-electron chi connectivity index (χ4n) is 2.45. The summed E-state index contributed by atoms with van der Waals surface area (Å²) in [5, 5.41) is 4.44. The Kier molecular flexibility index (Phi) is 3.24. The van der Waals surface area contributed by atoms with Crippen LogP contribution < -0.4 is 5.73 Å². The molecule has 78 valence electrons. The Balaban J connectivity index is 1.95. The molecule has 1 fully saturated rings. The molecule has 0 aromatic carbocycles. The third-order valence-corrected chi connectivity index (χ3v) is 4.21. The summed E-state index contributed by atoms with van der Waals surface area (Å²) >= 11 is 1.80. The van der Waals surface area contributed by atoms with Crippen molar-refractivity contribution in [1.29, 1.82) is 0 Å². The Labute approximate surface area is 90.3 Å². The van der Waals surface area contributed by atoms with Crippen LogP contribution in [0.4, 0.5) is 0 Å². The van der Waals surface area contributed by atoms with Crippen LogP contribution in [0, 0.1) is 11.8 Å². The van der Waals surface area contributed by atoms with Gasteiger partial charge in [0.15, 0.2) is 0 Å². The van der Waals surface area contributed by atoms with Crippen molar-refractivity contribution in [2.75, 3.05) is 0 Å². The molecule has 0 saturated heterocycles. The second-order valence-electron chi connectivity index (χ2n) is 4.65. The second kappa shape index (κ2) is 4.45. The molecule has 3 unspecified atom stereocenters. The van der Waals surface area contributed by atoms with Gasteiger partial charge in [0.1, 0.15) is 0 Å². The Bertz CT molecular complexity index is 268. The normalized spacial score (nSPS) is 33.1. The van der Waals surface area contributed by atoms with Crippen LogP contribution in [0.15, 0.2) is 16.8 Å². The van der Waals surface area contributed by atoms with Gasteiger partial charge >= 0.3 is 0 Å². The van der Waals surface area contributed by atoms with Gasteiger partial charge in [-0.05, 0) is 59.9 Å². The monoisotopic (exact) mass is 209 g/mol. The standard InChI is InChI=1S/C12H19NS/c1-9-2-3-12(13)7-11(9)6-10-4-5-14-8-10/h4-5,8-9,11-12H,2-3,6-7,13H2,1H3. The van der Waals surface area contributed by atoms with Gasteiger partial charge in [-0.25, -0.2) is 0 Å². The maximum absolute atomic E-state index is 6.02. The van der Waals surface area contributed by atoms with E-state index in [-0.39, 0.29) is 0 Å². The number of thiophene rings is 1. The van der Waals surface area contributed by atoms with E-state index >= 15 is 0 Å². The lowest BCUT2D eigenvalue weighted by Gasteiger charge is -2.32. The highest BCUT2D eigenvalue weighted by Crippen LogP contribution is 2.31. The average molecular weight is 209 g/mol. The summed E-state index contributed by atoms with van der Waals surface area (Å²) in [4.78, 5) is 0. The maximum atomic E-state index is 6.02. The van der Waals surface area contributed by atoms with Crippen LogP contribution in [0.2, 0.25) is 0 Å². The van der Waals surface area contributed by atoms with E-state index in [0.29, 0.717) is 6.04 Å². The Morgan fingerprint density at radius 3 is 3.07 bits per heavy atom. The van der Waals surface area contributed by atoms with E-state index < -0.39 is 0 Å². The van der Waals surface area contributed by atoms with Crippen LogP contribution >= 0.6 is 11.3 Å². The van der Waals surface area contributed by atoms with E-state index in [1.165, 1.54) is 31.2 Å². The van der Waals surface area contributed by atoms with Crippen molar-refractivity contribution in [3.63, 3.8) is 0 Å². The topological polar surface area (TPSA) is 26.0 Å². The van der Waals surface area contributed by atoms with Crippen molar-refractivity contribution < 1.29 is 0 Å². The van der Waals surface area contributed by atoms with Gasteiger partial charge in [0.05, 0.1) is 0 Å². The van der Waals surface area contributed by atoms with Crippen molar-refractivity contribution in [3.8, 4) is 0 Å². The summed E-state index contributed by atoms with van der Waals surface area (Å²) in [5.74, 6) is 1.67. The lowest BCUT2D eigenvalue weighted by molar-refractivity contribution is 0.232. The largest absolute Gasteiger partial charge is 0.328 e. The van der Waals surface area contributed by atoms with Crippen LogP contribution in [0.3, 0.4) is 0 Å². The van der Waals surface area contributed by atoms with Crippen LogP contribution in [0.5, 0.6) is 0 Å². The molecule has 1 aromatic rings. The molecule has 0 radical (unpaired) electrons. The molecule has 0 amide bonds. The predicted molar refractivity (Wildman–Crippen MR) is 62.5 cm³/mol. The second-order valence-corrected chi connectivity index (χ2v) is 5.43. The quantitative estimate of drug-likeness (QED) is 0.796. The van der Waals surface area contributed by atoms with E-state index in [4.69, 9.17) is 5.73 Å². The van der Waals surface area contributed by atoms with Crippen LogP contribution in [0.25, 0.3) is 0 Å². The van der Waals surface area contributed by atoms with Crippen molar-refractivity contribution >= 4 is 11.3 Å². The third-order valence-electron chi connectivity index (χ3n) is 3.48. The van der Waals surface area contributed by atoms with Gasteiger partial charge in [0.2, 0.25) is 0 Å². The zero-order chi connectivity index (χ0) is 9.97. The molecule has 1 aliphatic rings. The molecule has 1 heterocycles. The lowest BCUT2D eigenvalue weighted by Crippen LogP contribution is -2.33. The van der Waals surface area contributed by atoms with Gasteiger partial charge < -0.3 is 5.73 Å². The first kappa shape index (κ1) is 10.2. The summed E-state index contributed by atoms with van der Waals surface area (Å²) in [5.41, 5.74) is 7.52. The first-order valence-electron chi connectivity index (χ1n) is 5.52. The first-order chi connectivity index (χ1) is 6.75. The third kappa shape index (κ3) is 2.37. The summed E-state index contributed by atoms with van der Waals surface area (Å²) < 4.78 is 0. The molecule has 1 nitrogen and oxygen atoms in total. The van der Waals surface area contributed by atoms with Crippen LogP contribution in [0.1, 0.15) is 31.7 Å². The lowest BCUT2D eigenvalue weighted by atomic mass is 9.76. The van der Waals surface area contributed by atoms with E-state index in [1.807, 2.05) is 0 Å². The van der Waals surface area contributed by atoms with Gasteiger partial charge in [0, 0.05) is 6.04 Å². The molecule has 0 bridgehead atoms. The Hall–Kier alpha value is -0.340. The van der Waals surface area contributed by atoms with Gasteiger partial charge in [-0.3, -0.25) is 0 Å². The summed E-state index contributed by atoms with van der Waals surface area (Å²) in [6.07, 6.45) is 4.99. The minimum Gasteiger partial charge on any atom is -0.328 e. The minimum absolute atomic E-state index is 0.454. The molecule has 0 aliphatic heterocycles. The molecule has 2 rings (SSSR count). The smallest absolute Gasteiger partial charge is 0.00417 e. The van der Waals surface area contributed by atoms with Gasteiger partial charge in [0.25, 0.3) is 0 Å². The van der Waals surface area contributed by atoms with Crippen molar-refractivity contribution in [3.05, 3.63) is 22.4 Å². The molecule has 1 saturated carbocycles. The van der Waals surface area contributed by atoms with Crippen LogP contribution in [-0.2, 0) is 6.42 Å². The van der Waals surface area contributed by atoms with Crippen molar-refractivity contribution in [2.45, 2.75) is 38.6 Å². The predicted octanol–water partition coefficient (Wildman–Crippen LogP) is 3.05. The molecule has 2 N–H and O–H groups in total. The maximum Gasteiger partial charge on any atom is 0.00417 e. The fraction of sp³-hybridized carbons (Fsp3) is 0.667. The van der Waals surface area contributed by atoms with Gasteiger partial charge in [-0.2, -0.15) is 11.3 Å². The first-order valence-corrected chi connectivity index (χ1v) is 6.46. The number of rotatable bonds is 2. The Morgan fingerprint density at radius 1 is 1.50 bits per heavy atom. The number of hydrogen-bond acceptors (Lipinski definition) is 2. The highest BCUT2D eigenvalue weighted by atomic mass is 32.1. The van der Waals surface area contributed by atoms with E-state index in [1.54, 1.807) is 11.3 Å². The van der Waals surface area contributed by atoms with Crippen molar-refractivity contribution in [1.82, 2.24) is 0 Å². The highest BCUT2D eigenvalue weighted by molar-refractivity contribution is 7.07. The fourth-order valence-corrected chi connectivity index (χ4v) is 3.13. The summed E-state index contributed by atoms with van der Waals surface area (Å²) in [6, 6.07) is 2.70. The molecular weight excluding hydrogens is 190 g/mol. The summed E-state index contributed by atoms with van der Waals surface area (Å²) in [6.45, 7) is 2.38. The average Bonchev–Trinajstić information content (AvgIpc) is 2.64. The van der Waals surface area contributed by atoms with Crippen molar-refractivity contribution in [2.24, 2.45) is 17.6 Å². The number of nitrogens with two attached hydrogens (primary N) is 1. The van der Waals surface area contributed by atoms with Gasteiger partial charge in [-0.1, -0.05) is 6.92 Å². The molecule has 3 atom stereocenters. The Morgan fingerprint density at radius 2 is 2.36 bits per heavy atom. The zero-order valence-electron chi connectivity index (χ0n) is 8.78. The minimum atomic E-state index is 0.454. The molecule has 1 aliphatic carbocycles. The molecule has 2 heteroatoms. The van der Waals surface area contributed by atoms with Gasteiger partial charge in [-0.15, -0.1) is 0 Å². The molecule has 1 aromatic heterocycles. The van der Waals surface area contributed by atoms with E-state index in [9.17, 15) is 0 Å². The zero-order valence-corrected chi connectivity index (χ0v) is 9.59. The molecule has 0 spiro atoms. The molecule has 14 heavy (non-hydrogen) atoms. The van der Waals surface area contributed by atoms with E-state index in [0.717, 1.165) is 11.8 Å². The highest BCUT2D eigenvalue weighted by Gasteiger charge is 2.25. The number of hydrogen-bond donors (Lipinski definition) is 1. The molecular formula is C12H19NS. The van der Waals surface area contributed by atoms with Crippen LogP contribution in [-0.4, -0.2) is 6.04 Å². The van der Waals surface area contributed by atoms with E-state index in [2.05, 4.69) is 23.8 Å². The summed E-state index contributed by atoms with van der Waals surface area (Å²) in [7, 11) is 0.